The highest BCUT2D eigenvalue weighted by Crippen LogP contribution is 2.25. The van der Waals surface area contributed by atoms with E-state index in [9.17, 15) is 4.79 Å². The lowest BCUT2D eigenvalue weighted by Crippen LogP contribution is -2.23. The van der Waals surface area contributed by atoms with E-state index in [2.05, 4.69) is 25.1 Å². The summed E-state index contributed by atoms with van der Waals surface area (Å²) in [4.78, 5) is 17.8. The highest BCUT2D eigenvalue weighted by molar-refractivity contribution is 7.98. The summed E-state index contributed by atoms with van der Waals surface area (Å²) in [6.07, 6.45) is 0. The number of hydrogen-bond acceptors (Lipinski definition) is 4. The van der Waals surface area contributed by atoms with E-state index < -0.39 is 0 Å². The first-order chi connectivity index (χ1) is 12.7. The number of benzene rings is 2. The molecular formula is C21H18N2OS2. The maximum atomic E-state index is 13.0. The molecule has 2 heterocycles. The molecule has 0 spiro atoms. The van der Waals surface area contributed by atoms with Crippen molar-refractivity contribution in [3.05, 3.63) is 93.1 Å². The Balaban J connectivity index is 1.73. The Morgan fingerprint density at radius 3 is 2.62 bits per heavy atom. The van der Waals surface area contributed by atoms with Crippen LogP contribution in [-0.4, -0.2) is 9.55 Å². The van der Waals surface area contributed by atoms with Gasteiger partial charge in [-0.05, 0) is 35.1 Å². The normalized spacial score (nSPS) is 11.1. The molecule has 5 heteroatoms. The Kier molecular flexibility index (Phi) is 4.91. The van der Waals surface area contributed by atoms with E-state index in [0.29, 0.717) is 6.54 Å². The third-order valence-corrected chi connectivity index (χ3v) is 6.25. The molecule has 2 aromatic carbocycles. The van der Waals surface area contributed by atoms with Gasteiger partial charge in [0.15, 0.2) is 5.16 Å². The molecule has 0 unspecified atom stereocenters. The number of thioether (sulfide) groups is 1. The highest BCUT2D eigenvalue weighted by atomic mass is 32.2. The van der Waals surface area contributed by atoms with Gasteiger partial charge < -0.3 is 0 Å². The van der Waals surface area contributed by atoms with Crippen molar-refractivity contribution in [2.45, 2.75) is 24.4 Å². The number of fused-ring (bicyclic) bond motifs is 1. The summed E-state index contributed by atoms with van der Waals surface area (Å²) >= 11 is 3.08. The van der Waals surface area contributed by atoms with Crippen molar-refractivity contribution >= 4 is 33.3 Å². The molecular weight excluding hydrogens is 360 g/mol. The van der Waals surface area contributed by atoms with Crippen molar-refractivity contribution < 1.29 is 0 Å². The maximum absolute atomic E-state index is 13.0. The van der Waals surface area contributed by atoms with Gasteiger partial charge >= 0.3 is 0 Å². The van der Waals surface area contributed by atoms with E-state index in [1.54, 1.807) is 16.3 Å². The lowest BCUT2D eigenvalue weighted by atomic mass is 10.1. The van der Waals surface area contributed by atoms with Gasteiger partial charge in [-0.15, -0.1) is 11.3 Å². The summed E-state index contributed by atoms with van der Waals surface area (Å²) in [5.74, 6) is 0.795. The molecule has 2 aromatic heterocycles. The summed E-state index contributed by atoms with van der Waals surface area (Å²) in [6, 6.07) is 20.3. The van der Waals surface area contributed by atoms with E-state index in [1.165, 1.54) is 22.5 Å². The molecule has 3 nitrogen and oxygen atoms in total. The van der Waals surface area contributed by atoms with Gasteiger partial charge in [-0.25, -0.2) is 4.98 Å². The average Bonchev–Trinajstić information content (AvgIpc) is 3.13. The van der Waals surface area contributed by atoms with Crippen molar-refractivity contribution in [3.8, 4) is 0 Å². The van der Waals surface area contributed by atoms with Gasteiger partial charge in [0.1, 0.15) is 4.70 Å². The van der Waals surface area contributed by atoms with Gasteiger partial charge in [0.25, 0.3) is 5.56 Å². The van der Waals surface area contributed by atoms with E-state index in [0.717, 1.165) is 26.7 Å². The second kappa shape index (κ2) is 7.48. The Morgan fingerprint density at radius 2 is 1.81 bits per heavy atom. The first kappa shape index (κ1) is 17.1. The summed E-state index contributed by atoms with van der Waals surface area (Å²) in [7, 11) is 0. The quantitative estimate of drug-likeness (QED) is 0.358. The zero-order chi connectivity index (χ0) is 17.9. The lowest BCUT2D eigenvalue weighted by molar-refractivity contribution is 0.659. The zero-order valence-corrected chi connectivity index (χ0v) is 16.0. The Bertz CT molecular complexity index is 1100. The molecule has 4 rings (SSSR count). The van der Waals surface area contributed by atoms with Crippen molar-refractivity contribution in [2.24, 2.45) is 0 Å². The van der Waals surface area contributed by atoms with Crippen LogP contribution in [0.15, 0.2) is 76.0 Å². The molecule has 0 aliphatic heterocycles. The van der Waals surface area contributed by atoms with Crippen molar-refractivity contribution in [1.82, 2.24) is 9.55 Å². The summed E-state index contributed by atoms with van der Waals surface area (Å²) in [6.45, 7) is 2.65. The third-order valence-electron chi connectivity index (χ3n) is 4.33. The van der Waals surface area contributed by atoms with Crippen LogP contribution in [-0.2, 0) is 12.3 Å². The van der Waals surface area contributed by atoms with Crippen LogP contribution in [0.4, 0.5) is 0 Å². The predicted octanol–water partition coefficient (Wildman–Crippen LogP) is 5.11. The topological polar surface area (TPSA) is 34.9 Å². The molecule has 130 valence electrons. The van der Waals surface area contributed by atoms with Crippen LogP contribution in [0, 0.1) is 6.92 Å². The maximum Gasteiger partial charge on any atom is 0.272 e. The van der Waals surface area contributed by atoms with Gasteiger partial charge in [0.05, 0.1) is 12.1 Å². The number of aryl methyl sites for hydroxylation is 1. The van der Waals surface area contributed by atoms with Gasteiger partial charge in [-0.1, -0.05) is 66.4 Å². The van der Waals surface area contributed by atoms with Crippen LogP contribution in [0.5, 0.6) is 0 Å². The summed E-state index contributed by atoms with van der Waals surface area (Å²) < 4.78 is 2.53. The van der Waals surface area contributed by atoms with Crippen LogP contribution < -0.4 is 5.56 Å². The second-order valence-electron chi connectivity index (χ2n) is 6.12. The minimum absolute atomic E-state index is 0.0427. The molecule has 0 radical (unpaired) electrons. The molecule has 0 saturated carbocycles. The predicted molar refractivity (Wildman–Crippen MR) is 110 cm³/mol. The molecule has 0 saturated heterocycles. The van der Waals surface area contributed by atoms with Crippen LogP contribution in [0.3, 0.4) is 0 Å². The molecule has 0 amide bonds. The number of thiophene rings is 1. The Hall–Kier alpha value is -2.37. The van der Waals surface area contributed by atoms with Crippen LogP contribution in [0.2, 0.25) is 0 Å². The standard InChI is InChI=1S/C21H18N2OS2/c1-15-7-5-6-10-17(15)14-26-21-22-18-11-12-25-19(18)20(24)23(21)13-16-8-3-2-4-9-16/h2-12H,13-14H2,1H3. The lowest BCUT2D eigenvalue weighted by Gasteiger charge is -2.13. The smallest absolute Gasteiger partial charge is 0.272 e. The van der Waals surface area contributed by atoms with Crippen LogP contribution in [0.25, 0.3) is 10.2 Å². The summed E-state index contributed by atoms with van der Waals surface area (Å²) in [5.41, 5.74) is 4.46. The van der Waals surface area contributed by atoms with Gasteiger partial charge in [-0.3, -0.25) is 9.36 Å². The van der Waals surface area contributed by atoms with E-state index in [1.807, 2.05) is 47.8 Å². The molecule has 0 bridgehead atoms. The highest BCUT2D eigenvalue weighted by Gasteiger charge is 2.13. The molecule has 0 aliphatic rings. The van der Waals surface area contributed by atoms with Crippen LogP contribution in [0.1, 0.15) is 16.7 Å². The Morgan fingerprint density at radius 1 is 1.04 bits per heavy atom. The SMILES string of the molecule is Cc1ccccc1CSc1nc2ccsc2c(=O)n1Cc1ccccc1. The zero-order valence-electron chi connectivity index (χ0n) is 14.4. The minimum Gasteiger partial charge on any atom is -0.282 e. The molecule has 0 fully saturated rings. The fraction of sp³-hybridized carbons (Fsp3) is 0.143. The number of nitrogens with zero attached hydrogens (tertiary/aromatic N) is 2. The molecule has 26 heavy (non-hydrogen) atoms. The Labute approximate surface area is 160 Å². The largest absolute Gasteiger partial charge is 0.282 e. The second-order valence-corrected chi connectivity index (χ2v) is 7.98. The van der Waals surface area contributed by atoms with Crippen molar-refractivity contribution in [3.63, 3.8) is 0 Å². The van der Waals surface area contributed by atoms with E-state index >= 15 is 0 Å². The van der Waals surface area contributed by atoms with Crippen molar-refractivity contribution in [1.29, 1.82) is 0 Å². The van der Waals surface area contributed by atoms with E-state index in [-0.39, 0.29) is 5.56 Å². The van der Waals surface area contributed by atoms with E-state index in [4.69, 9.17) is 4.98 Å². The minimum atomic E-state index is 0.0427. The van der Waals surface area contributed by atoms with Gasteiger partial charge in [-0.2, -0.15) is 0 Å². The molecule has 0 atom stereocenters. The molecule has 4 aromatic rings. The first-order valence-corrected chi connectivity index (χ1v) is 10.3. The van der Waals surface area contributed by atoms with Crippen LogP contribution >= 0.6 is 23.1 Å². The van der Waals surface area contributed by atoms with Gasteiger partial charge in [0, 0.05) is 5.75 Å². The number of hydrogen-bond donors (Lipinski definition) is 0. The number of aromatic nitrogens is 2. The first-order valence-electron chi connectivity index (χ1n) is 8.41. The fourth-order valence-electron chi connectivity index (χ4n) is 2.85. The van der Waals surface area contributed by atoms with Crippen molar-refractivity contribution in [2.75, 3.05) is 0 Å². The van der Waals surface area contributed by atoms with Gasteiger partial charge in [0.2, 0.25) is 0 Å². The summed E-state index contributed by atoms with van der Waals surface area (Å²) in [5, 5.41) is 2.70. The molecule has 0 N–H and O–H groups in total. The average molecular weight is 379 g/mol. The monoisotopic (exact) mass is 378 g/mol. The molecule has 0 aliphatic carbocycles. The number of rotatable bonds is 5. The third kappa shape index (κ3) is 3.45. The fourth-order valence-corrected chi connectivity index (χ4v) is 4.71.